The number of hydrogen-bond acceptors (Lipinski definition) is 3. The van der Waals surface area contributed by atoms with Gasteiger partial charge in [0.2, 0.25) is 0 Å². The Morgan fingerprint density at radius 1 is 0.489 bits per heavy atom. The van der Waals surface area contributed by atoms with Crippen LogP contribution in [0.25, 0.3) is 91.9 Å². The molecule has 0 aliphatic rings. The highest BCUT2D eigenvalue weighted by Gasteiger charge is 2.19. The summed E-state index contributed by atoms with van der Waals surface area (Å²) in [5.74, 6) is 0. The second-order valence-corrected chi connectivity index (χ2v) is 13.0. The van der Waals surface area contributed by atoms with Crippen molar-refractivity contribution in [2.75, 3.05) is 0 Å². The van der Waals surface area contributed by atoms with Gasteiger partial charge in [0.15, 0.2) is 0 Å². The zero-order chi connectivity index (χ0) is 31.1. The monoisotopic (exact) mass is 616 g/mol. The van der Waals surface area contributed by atoms with E-state index in [-0.39, 0.29) is 0 Å². The van der Waals surface area contributed by atoms with Gasteiger partial charge in [-0.05, 0) is 71.3 Å². The summed E-state index contributed by atoms with van der Waals surface area (Å²) in [5, 5.41) is 16.8. The molecule has 3 nitrogen and oxygen atoms in total. The van der Waals surface area contributed by atoms with Crippen LogP contribution in [-0.4, -0.2) is 4.57 Å². The summed E-state index contributed by atoms with van der Waals surface area (Å²) in [6.45, 7) is 0. The van der Waals surface area contributed by atoms with Crippen molar-refractivity contribution in [2.24, 2.45) is 0 Å². The van der Waals surface area contributed by atoms with Crippen LogP contribution in [0.1, 0.15) is 5.56 Å². The molecule has 7 aromatic carbocycles. The minimum absolute atomic E-state index is 0.655. The number of furan rings is 1. The lowest BCUT2D eigenvalue weighted by molar-refractivity contribution is 0.669. The molecule has 0 unspecified atom stereocenters. The summed E-state index contributed by atoms with van der Waals surface area (Å²) < 4.78 is 11.1. The lowest BCUT2D eigenvalue weighted by Gasteiger charge is -2.10. The standard InChI is InChI=1S/C43H24N2OS/c44-25-26-17-19-31-30-11-4-6-14-37(30)45(39(31)21-26)38-15-8-13-34-36-23-29(22-35(42(36)47-43(34)38)27-9-2-1-3-10-27)28-18-20-33-32-12-5-7-16-40(32)46-41(33)24-28/h1-24H. The summed E-state index contributed by atoms with van der Waals surface area (Å²) in [6, 6.07) is 53.6. The summed E-state index contributed by atoms with van der Waals surface area (Å²) in [7, 11) is 0. The number of rotatable bonds is 3. The molecule has 0 spiro atoms. The number of hydrogen-bond donors (Lipinski definition) is 0. The largest absolute Gasteiger partial charge is 0.456 e. The molecule has 0 aliphatic carbocycles. The van der Waals surface area contributed by atoms with Gasteiger partial charge in [-0.3, -0.25) is 0 Å². The minimum atomic E-state index is 0.655. The first kappa shape index (κ1) is 26.1. The molecule has 10 rings (SSSR count). The van der Waals surface area contributed by atoms with E-state index in [1.165, 1.54) is 36.7 Å². The van der Waals surface area contributed by atoms with Crippen molar-refractivity contribution >= 4 is 75.3 Å². The molecule has 0 radical (unpaired) electrons. The Hall–Kier alpha value is -6.15. The van der Waals surface area contributed by atoms with Crippen molar-refractivity contribution < 1.29 is 4.42 Å². The third-order valence-electron chi connectivity index (χ3n) is 9.42. The van der Waals surface area contributed by atoms with Gasteiger partial charge in [0.1, 0.15) is 11.2 Å². The molecule has 47 heavy (non-hydrogen) atoms. The summed E-state index contributed by atoms with van der Waals surface area (Å²) in [4.78, 5) is 0. The van der Waals surface area contributed by atoms with Crippen LogP contribution in [0.4, 0.5) is 0 Å². The Kier molecular flexibility index (Phi) is 5.51. The van der Waals surface area contributed by atoms with Gasteiger partial charge in [-0.1, -0.05) is 91.0 Å². The number of aromatic nitrogens is 1. The van der Waals surface area contributed by atoms with E-state index >= 15 is 0 Å². The average Bonchev–Trinajstić information content (AvgIpc) is 3.80. The SMILES string of the molecule is N#Cc1ccc2c3ccccc3n(-c3cccc4c3sc3c(-c5ccccc5)cc(-c5ccc6c(c5)oc5ccccc56)cc34)c2c1. The highest BCUT2D eigenvalue weighted by atomic mass is 32.1. The first-order valence-electron chi connectivity index (χ1n) is 15.7. The van der Waals surface area contributed by atoms with E-state index in [9.17, 15) is 5.26 Å². The second kappa shape index (κ2) is 9.92. The predicted octanol–water partition coefficient (Wildman–Crippen LogP) is 12.3. The first-order valence-corrected chi connectivity index (χ1v) is 16.5. The maximum absolute atomic E-state index is 9.79. The fraction of sp³-hybridized carbons (Fsp3) is 0. The minimum Gasteiger partial charge on any atom is -0.456 e. The van der Waals surface area contributed by atoms with Gasteiger partial charge >= 0.3 is 0 Å². The molecule has 10 aromatic rings. The number of fused-ring (bicyclic) bond motifs is 9. The maximum Gasteiger partial charge on any atom is 0.136 e. The Balaban J connectivity index is 1.27. The van der Waals surface area contributed by atoms with Crippen LogP contribution in [0.2, 0.25) is 0 Å². The summed E-state index contributed by atoms with van der Waals surface area (Å²) in [5.41, 5.74) is 10.4. The lowest BCUT2D eigenvalue weighted by atomic mass is 9.95. The van der Waals surface area contributed by atoms with E-state index in [0.717, 1.165) is 55.2 Å². The van der Waals surface area contributed by atoms with Gasteiger partial charge in [0.05, 0.1) is 33.1 Å². The van der Waals surface area contributed by atoms with Gasteiger partial charge in [-0.2, -0.15) is 5.26 Å². The number of nitriles is 1. The zero-order valence-electron chi connectivity index (χ0n) is 25.1. The van der Waals surface area contributed by atoms with Crippen LogP contribution >= 0.6 is 11.3 Å². The maximum atomic E-state index is 9.79. The van der Waals surface area contributed by atoms with Crippen LogP contribution in [-0.2, 0) is 0 Å². The van der Waals surface area contributed by atoms with Crippen LogP contribution in [0.15, 0.2) is 150 Å². The molecule has 218 valence electrons. The van der Waals surface area contributed by atoms with E-state index in [0.29, 0.717) is 5.56 Å². The van der Waals surface area contributed by atoms with Crippen molar-refractivity contribution in [3.8, 4) is 34.0 Å². The van der Waals surface area contributed by atoms with Gasteiger partial charge in [0.25, 0.3) is 0 Å². The van der Waals surface area contributed by atoms with Gasteiger partial charge in [0, 0.05) is 42.6 Å². The number of benzene rings is 7. The van der Waals surface area contributed by atoms with Crippen molar-refractivity contribution in [3.05, 3.63) is 151 Å². The molecule has 4 heteroatoms. The van der Waals surface area contributed by atoms with Gasteiger partial charge < -0.3 is 8.98 Å². The molecule has 0 saturated heterocycles. The second-order valence-electron chi connectivity index (χ2n) is 12.0. The van der Waals surface area contributed by atoms with E-state index in [1.54, 1.807) is 0 Å². The Morgan fingerprint density at radius 2 is 1.23 bits per heavy atom. The predicted molar refractivity (Wildman–Crippen MR) is 197 cm³/mol. The molecule has 3 heterocycles. The van der Waals surface area contributed by atoms with Crippen molar-refractivity contribution in [2.45, 2.75) is 0 Å². The first-order chi connectivity index (χ1) is 23.2. The molecule has 3 aromatic heterocycles. The molecular formula is C43H24N2OS. The third-order valence-corrected chi connectivity index (χ3v) is 10.7. The zero-order valence-corrected chi connectivity index (χ0v) is 25.9. The molecule has 0 amide bonds. The molecule has 0 atom stereocenters. The van der Waals surface area contributed by atoms with E-state index < -0.39 is 0 Å². The Bertz CT molecular complexity index is 2920. The Labute approximate surface area is 273 Å². The van der Waals surface area contributed by atoms with Gasteiger partial charge in [-0.15, -0.1) is 11.3 Å². The molecule has 0 aliphatic heterocycles. The van der Waals surface area contributed by atoms with Gasteiger partial charge in [-0.25, -0.2) is 0 Å². The highest BCUT2D eigenvalue weighted by molar-refractivity contribution is 7.26. The van der Waals surface area contributed by atoms with Crippen molar-refractivity contribution in [3.63, 3.8) is 0 Å². The van der Waals surface area contributed by atoms with Crippen LogP contribution in [0.5, 0.6) is 0 Å². The average molecular weight is 617 g/mol. The molecule has 0 saturated carbocycles. The van der Waals surface area contributed by atoms with Crippen molar-refractivity contribution in [1.82, 2.24) is 4.57 Å². The lowest BCUT2D eigenvalue weighted by Crippen LogP contribution is -1.94. The fourth-order valence-corrected chi connectivity index (χ4v) is 8.59. The smallest absolute Gasteiger partial charge is 0.136 e. The van der Waals surface area contributed by atoms with E-state index in [2.05, 4.69) is 132 Å². The van der Waals surface area contributed by atoms with E-state index in [4.69, 9.17) is 4.42 Å². The number of nitrogens with zero attached hydrogens (tertiary/aromatic N) is 2. The summed E-state index contributed by atoms with van der Waals surface area (Å²) >= 11 is 1.84. The summed E-state index contributed by atoms with van der Waals surface area (Å²) in [6.07, 6.45) is 0. The number of thiophene rings is 1. The highest BCUT2D eigenvalue weighted by Crippen LogP contribution is 2.46. The van der Waals surface area contributed by atoms with Crippen molar-refractivity contribution in [1.29, 1.82) is 5.26 Å². The topological polar surface area (TPSA) is 41.9 Å². The molecule has 0 fully saturated rings. The fourth-order valence-electron chi connectivity index (χ4n) is 7.27. The quantitative estimate of drug-likeness (QED) is 0.198. The number of para-hydroxylation sites is 2. The molecule has 0 N–H and O–H groups in total. The van der Waals surface area contributed by atoms with E-state index in [1.807, 2.05) is 35.6 Å². The van der Waals surface area contributed by atoms with Crippen LogP contribution in [0, 0.1) is 11.3 Å². The third kappa shape index (κ3) is 3.85. The van der Waals surface area contributed by atoms with Crippen LogP contribution < -0.4 is 0 Å². The Morgan fingerprint density at radius 3 is 2.13 bits per heavy atom. The molecular weight excluding hydrogens is 593 g/mol. The van der Waals surface area contributed by atoms with Crippen LogP contribution in [0.3, 0.4) is 0 Å². The normalized spacial score (nSPS) is 11.8. The molecule has 0 bridgehead atoms.